The Bertz CT molecular complexity index is 1060. The Morgan fingerprint density at radius 1 is 1.43 bits per heavy atom. The number of hydrogen-bond donors (Lipinski definition) is 4. The molecular weight excluding hydrogens is 488 g/mol. The van der Waals surface area contributed by atoms with Crippen molar-refractivity contribution in [2.24, 2.45) is 5.16 Å². The Morgan fingerprint density at radius 2 is 2.17 bits per heavy atom. The summed E-state index contributed by atoms with van der Waals surface area (Å²) in [5.41, 5.74) is -1.95. The average molecular weight is 513 g/mol. The first kappa shape index (κ1) is 24.6. The molecule has 3 amide bonds. The lowest BCUT2D eigenvalue weighted by atomic mass is 9.84. The molecule has 1 aromatic rings. The molecule has 1 aromatic heterocycles. The number of nitrogens with one attached hydrogen (secondary N) is 3. The van der Waals surface area contributed by atoms with Crippen molar-refractivity contribution in [3.05, 3.63) is 11.1 Å². The Balaban J connectivity index is 1.44. The molecule has 4 fully saturated rings. The van der Waals surface area contributed by atoms with E-state index in [9.17, 15) is 19.2 Å². The Hall–Kier alpha value is -3.50. The van der Waals surface area contributed by atoms with Crippen LogP contribution in [0.15, 0.2) is 10.5 Å². The smallest absolute Gasteiger partial charge is 0.413 e. The number of aliphatic carboxylic acids is 1. The number of carboxylic acids is 1. The number of aromatic nitrogens is 1. The summed E-state index contributed by atoms with van der Waals surface area (Å²) in [6.07, 6.45) is -1.66. The summed E-state index contributed by atoms with van der Waals surface area (Å²) in [4.78, 5) is 58.0. The molecule has 2 bridgehead atoms. The van der Waals surface area contributed by atoms with Gasteiger partial charge in [0.05, 0.1) is 13.1 Å². The first-order valence-corrected chi connectivity index (χ1v) is 11.4. The number of anilines is 1. The highest BCUT2D eigenvalue weighted by molar-refractivity contribution is 7.14. The molecule has 5 heterocycles. The number of oxime groups is 1. The number of hydrogen-bond acceptors (Lipinski definition) is 12. The maximum atomic E-state index is 13.0. The molecule has 35 heavy (non-hydrogen) atoms. The van der Waals surface area contributed by atoms with Gasteiger partial charge >= 0.3 is 18.2 Å². The first-order chi connectivity index (χ1) is 16.5. The largest absolute Gasteiger partial charge is 0.479 e. The van der Waals surface area contributed by atoms with Crippen molar-refractivity contribution in [2.45, 2.75) is 44.4 Å². The van der Waals surface area contributed by atoms with Gasteiger partial charge in [-0.05, 0) is 20.8 Å². The standard InChI is InChI=1S/C19H24N6O9S/c1-18(2,3)34-16(29)22-15-20-9(7-35-15)11(24-32-6-10(26)27)13(28)21-12-14-23-19(12,33-14)8-25-4-5-31-17(25)30/h7,12,14,23H,4-6,8H2,1-3H3,(H,21,28)(H,26,27)(H,20,22,29)/b24-11-/t12-,14?,19?/m0/s1. The van der Waals surface area contributed by atoms with E-state index in [0.717, 1.165) is 11.3 Å². The SMILES string of the molecule is CC(C)(C)OC(=O)Nc1nc(/C(=N/OCC(=O)O)C(=O)N[C@H]2C3NC2(CN2CCOC2=O)O3)cs1. The van der Waals surface area contributed by atoms with Crippen molar-refractivity contribution in [2.75, 3.05) is 31.6 Å². The van der Waals surface area contributed by atoms with Gasteiger partial charge < -0.3 is 34.4 Å². The predicted molar refractivity (Wildman–Crippen MR) is 118 cm³/mol. The van der Waals surface area contributed by atoms with E-state index in [-0.39, 0.29) is 29.7 Å². The lowest BCUT2D eigenvalue weighted by Gasteiger charge is -2.67. The van der Waals surface area contributed by atoms with Crippen molar-refractivity contribution < 1.29 is 43.3 Å². The third-order valence-corrected chi connectivity index (χ3v) is 5.76. The molecule has 0 saturated carbocycles. The Labute approximate surface area is 202 Å². The van der Waals surface area contributed by atoms with E-state index >= 15 is 0 Å². The van der Waals surface area contributed by atoms with Gasteiger partial charge in [0.25, 0.3) is 5.91 Å². The molecule has 4 aliphatic heterocycles. The molecule has 15 nitrogen and oxygen atoms in total. The van der Waals surface area contributed by atoms with Crippen molar-refractivity contribution in [3.8, 4) is 0 Å². The van der Waals surface area contributed by atoms with E-state index in [2.05, 4.69) is 26.1 Å². The number of carbonyl (C=O) groups is 4. The zero-order chi connectivity index (χ0) is 25.4. The van der Waals surface area contributed by atoms with E-state index in [1.54, 1.807) is 20.8 Å². The van der Waals surface area contributed by atoms with Gasteiger partial charge in [-0.1, -0.05) is 5.16 Å². The van der Waals surface area contributed by atoms with Gasteiger partial charge in [-0.2, -0.15) is 0 Å². The van der Waals surface area contributed by atoms with Gasteiger partial charge in [-0.15, -0.1) is 11.3 Å². The summed E-state index contributed by atoms with van der Waals surface area (Å²) < 4.78 is 15.7. The third kappa shape index (κ3) is 5.44. The minimum Gasteiger partial charge on any atom is -0.479 e. The highest BCUT2D eigenvalue weighted by Crippen LogP contribution is 2.42. The molecule has 4 N–H and O–H groups in total. The third-order valence-electron chi connectivity index (χ3n) is 5.00. The Morgan fingerprint density at radius 3 is 2.74 bits per heavy atom. The van der Waals surface area contributed by atoms with Gasteiger partial charge in [-0.3, -0.25) is 15.4 Å². The molecule has 0 radical (unpaired) electrons. The van der Waals surface area contributed by atoms with Crippen LogP contribution >= 0.6 is 11.3 Å². The van der Waals surface area contributed by atoms with Gasteiger partial charge in [-0.25, -0.2) is 19.4 Å². The minimum atomic E-state index is -1.28. The zero-order valence-corrected chi connectivity index (χ0v) is 19.8. The van der Waals surface area contributed by atoms with Crippen LogP contribution in [0.1, 0.15) is 26.5 Å². The fourth-order valence-electron chi connectivity index (χ4n) is 3.49. The van der Waals surface area contributed by atoms with E-state index in [1.165, 1.54) is 10.3 Å². The normalized spacial score (nSPS) is 25.2. The molecule has 4 aliphatic rings. The minimum absolute atomic E-state index is 0.0444. The lowest BCUT2D eigenvalue weighted by molar-refractivity contribution is -0.377. The predicted octanol–water partition coefficient (Wildman–Crippen LogP) is -0.112. The van der Waals surface area contributed by atoms with E-state index < -0.39 is 54.3 Å². The van der Waals surface area contributed by atoms with Crippen LogP contribution in [0, 0.1) is 0 Å². The highest BCUT2D eigenvalue weighted by Gasteiger charge is 2.69. The summed E-state index contributed by atoms with van der Waals surface area (Å²) in [7, 11) is 0. The average Bonchev–Trinajstić information content (AvgIpc) is 3.33. The maximum Gasteiger partial charge on any atom is 0.413 e. The van der Waals surface area contributed by atoms with Crippen LogP contribution in [0.25, 0.3) is 0 Å². The quantitative estimate of drug-likeness (QED) is 0.255. The number of carbonyl (C=O) groups excluding carboxylic acids is 3. The molecule has 5 rings (SSSR count). The van der Waals surface area contributed by atoms with E-state index in [1.807, 2.05) is 0 Å². The van der Waals surface area contributed by atoms with Crippen LogP contribution in [0.4, 0.5) is 14.7 Å². The molecule has 0 aromatic carbocycles. The molecule has 3 atom stereocenters. The van der Waals surface area contributed by atoms with Crippen molar-refractivity contribution in [1.82, 2.24) is 20.5 Å². The van der Waals surface area contributed by atoms with E-state index in [0.29, 0.717) is 6.54 Å². The van der Waals surface area contributed by atoms with E-state index in [4.69, 9.17) is 24.2 Å². The summed E-state index contributed by atoms with van der Waals surface area (Å²) in [6.45, 7) is 5.18. The number of carboxylic acid groups (broad SMARTS) is 1. The summed E-state index contributed by atoms with van der Waals surface area (Å²) in [5.74, 6) is -1.99. The van der Waals surface area contributed by atoms with Crippen LogP contribution < -0.4 is 16.0 Å². The van der Waals surface area contributed by atoms with Crippen LogP contribution in [-0.2, 0) is 28.6 Å². The molecule has 4 saturated heterocycles. The second-order valence-corrected chi connectivity index (χ2v) is 9.69. The van der Waals surface area contributed by atoms with Crippen LogP contribution in [0.2, 0.25) is 0 Å². The molecule has 2 unspecified atom stereocenters. The number of cyclic esters (lactones) is 1. The van der Waals surface area contributed by atoms with Gasteiger partial charge in [0, 0.05) is 5.38 Å². The monoisotopic (exact) mass is 512 g/mol. The molecule has 0 aliphatic carbocycles. The fourth-order valence-corrected chi connectivity index (χ4v) is 4.17. The van der Waals surface area contributed by atoms with Gasteiger partial charge in [0.15, 0.2) is 16.6 Å². The second kappa shape index (κ2) is 9.27. The highest BCUT2D eigenvalue weighted by atomic mass is 32.1. The number of nitrogens with zero attached hydrogens (tertiary/aromatic N) is 3. The maximum absolute atomic E-state index is 13.0. The van der Waals surface area contributed by atoms with Gasteiger partial charge in [0.2, 0.25) is 6.61 Å². The summed E-state index contributed by atoms with van der Waals surface area (Å²) >= 11 is 1.01. The molecular formula is C19H24N6O9S. The zero-order valence-electron chi connectivity index (χ0n) is 19.0. The first-order valence-electron chi connectivity index (χ1n) is 10.5. The summed E-state index contributed by atoms with van der Waals surface area (Å²) in [6, 6.07) is -0.494. The van der Waals surface area contributed by atoms with Crippen LogP contribution in [-0.4, -0.2) is 94.7 Å². The number of ether oxygens (including phenoxy) is 3. The van der Waals surface area contributed by atoms with Crippen LogP contribution in [0.3, 0.4) is 0 Å². The molecule has 16 heteroatoms. The van der Waals surface area contributed by atoms with Crippen molar-refractivity contribution in [3.63, 3.8) is 0 Å². The number of thiazole rings is 1. The molecule has 0 spiro atoms. The Kier molecular flexibility index (Phi) is 6.52. The van der Waals surface area contributed by atoms with Crippen molar-refractivity contribution >= 4 is 46.2 Å². The molecule has 190 valence electrons. The number of rotatable bonds is 9. The van der Waals surface area contributed by atoms with Gasteiger partial charge in [0.1, 0.15) is 30.2 Å². The number of amides is 3. The van der Waals surface area contributed by atoms with Crippen molar-refractivity contribution in [1.29, 1.82) is 0 Å². The lowest BCUT2D eigenvalue weighted by Crippen LogP contribution is -2.95. The topological polar surface area (TPSA) is 190 Å². The fraction of sp³-hybridized carbons (Fsp3) is 0.579. The van der Waals surface area contributed by atoms with Crippen LogP contribution in [0.5, 0.6) is 0 Å². The summed E-state index contributed by atoms with van der Waals surface area (Å²) in [5, 5.41) is 22.4. The second-order valence-electron chi connectivity index (χ2n) is 8.83.